The van der Waals surface area contributed by atoms with Crippen LogP contribution in [0.5, 0.6) is 11.5 Å². The van der Waals surface area contributed by atoms with Crippen molar-refractivity contribution in [2.75, 3.05) is 23.4 Å². The van der Waals surface area contributed by atoms with E-state index in [0.29, 0.717) is 23.6 Å². The fourth-order valence-corrected chi connectivity index (χ4v) is 3.81. The molecule has 1 heterocycles. The first-order chi connectivity index (χ1) is 17.9. The molecule has 0 saturated carbocycles. The molecule has 0 aliphatic carbocycles. The van der Waals surface area contributed by atoms with Gasteiger partial charge in [0.15, 0.2) is 23.2 Å². The monoisotopic (exact) mass is 519 g/mol. The van der Waals surface area contributed by atoms with Gasteiger partial charge >= 0.3 is 0 Å². The lowest BCUT2D eigenvalue weighted by atomic mass is 10.1. The lowest BCUT2D eigenvalue weighted by Gasteiger charge is -2.28. The Kier molecular flexibility index (Phi) is 7.89. The number of nitrogens with zero attached hydrogens (tertiary/aromatic N) is 1. The number of benzene rings is 3. The van der Waals surface area contributed by atoms with E-state index in [4.69, 9.17) is 21.7 Å². The van der Waals surface area contributed by atoms with Crippen LogP contribution in [-0.4, -0.2) is 36.0 Å². The predicted octanol–water partition coefficient (Wildman–Crippen LogP) is 4.07. The number of halogens is 1. The maximum Gasteiger partial charge on any atom is 0.270 e. The second-order valence-electron chi connectivity index (χ2n) is 7.75. The van der Waals surface area contributed by atoms with E-state index in [-0.39, 0.29) is 28.7 Å². The summed E-state index contributed by atoms with van der Waals surface area (Å²) < 4.78 is 25.0. The van der Waals surface area contributed by atoms with Gasteiger partial charge in [0.05, 0.1) is 18.0 Å². The van der Waals surface area contributed by atoms with E-state index in [1.807, 2.05) is 0 Å². The Morgan fingerprint density at radius 3 is 2.49 bits per heavy atom. The van der Waals surface area contributed by atoms with Crippen molar-refractivity contribution in [3.8, 4) is 11.5 Å². The van der Waals surface area contributed by atoms with Gasteiger partial charge in [0, 0.05) is 0 Å². The van der Waals surface area contributed by atoms with E-state index < -0.39 is 23.5 Å². The number of ether oxygens (including phenoxy) is 2. The van der Waals surface area contributed by atoms with Crippen LogP contribution in [0.2, 0.25) is 0 Å². The van der Waals surface area contributed by atoms with Crippen LogP contribution < -0.4 is 25.0 Å². The van der Waals surface area contributed by atoms with Gasteiger partial charge in [-0.1, -0.05) is 36.4 Å². The molecule has 0 bridgehead atoms. The SMILES string of the molecule is CCOc1cc(/C=C2/C(=O)NC(=S)N(c3ccccc3)C2=O)ccc1OCC(=O)Nc1ccccc1F. The molecule has 0 unspecified atom stereocenters. The number of hydrogen-bond acceptors (Lipinski definition) is 6. The number of carbonyl (C=O) groups is 3. The van der Waals surface area contributed by atoms with E-state index in [1.165, 1.54) is 29.2 Å². The van der Waals surface area contributed by atoms with Crippen LogP contribution in [0.4, 0.5) is 15.8 Å². The van der Waals surface area contributed by atoms with Gasteiger partial charge in [-0.2, -0.15) is 0 Å². The lowest BCUT2D eigenvalue weighted by molar-refractivity contribution is -0.122. The van der Waals surface area contributed by atoms with Gasteiger partial charge in [0.1, 0.15) is 11.4 Å². The van der Waals surface area contributed by atoms with Gasteiger partial charge in [-0.15, -0.1) is 0 Å². The van der Waals surface area contributed by atoms with Gasteiger partial charge in [-0.3, -0.25) is 24.6 Å². The number of para-hydroxylation sites is 2. The third kappa shape index (κ3) is 5.99. The quantitative estimate of drug-likeness (QED) is 0.265. The first kappa shape index (κ1) is 25.5. The van der Waals surface area contributed by atoms with E-state index in [9.17, 15) is 18.8 Å². The minimum Gasteiger partial charge on any atom is -0.490 e. The molecule has 0 spiro atoms. The van der Waals surface area contributed by atoms with Gasteiger partial charge in [0.25, 0.3) is 17.7 Å². The number of rotatable bonds is 8. The Morgan fingerprint density at radius 2 is 1.76 bits per heavy atom. The van der Waals surface area contributed by atoms with Crippen LogP contribution in [0.3, 0.4) is 0 Å². The Balaban J connectivity index is 1.53. The summed E-state index contributed by atoms with van der Waals surface area (Å²) in [6.07, 6.45) is 1.42. The van der Waals surface area contributed by atoms with E-state index in [2.05, 4.69) is 10.6 Å². The van der Waals surface area contributed by atoms with Crippen molar-refractivity contribution in [3.63, 3.8) is 0 Å². The molecular weight excluding hydrogens is 497 g/mol. The smallest absolute Gasteiger partial charge is 0.270 e. The molecule has 188 valence electrons. The number of nitrogens with one attached hydrogen (secondary N) is 2. The maximum atomic E-state index is 13.8. The molecule has 1 aliphatic rings. The molecule has 3 amide bonds. The highest BCUT2D eigenvalue weighted by atomic mass is 32.1. The Labute approximate surface area is 217 Å². The number of carbonyl (C=O) groups excluding carboxylic acids is 3. The minimum absolute atomic E-state index is 0.00855. The summed E-state index contributed by atoms with van der Waals surface area (Å²) in [5.74, 6) is -1.74. The van der Waals surface area contributed by atoms with E-state index >= 15 is 0 Å². The molecule has 0 aromatic heterocycles. The topological polar surface area (TPSA) is 97.0 Å². The van der Waals surface area contributed by atoms with Gasteiger partial charge < -0.3 is 14.8 Å². The predicted molar refractivity (Wildman–Crippen MR) is 141 cm³/mol. The fourth-order valence-electron chi connectivity index (χ4n) is 3.53. The minimum atomic E-state index is -0.620. The Bertz CT molecular complexity index is 1390. The summed E-state index contributed by atoms with van der Waals surface area (Å²) in [5.41, 5.74) is 0.946. The summed E-state index contributed by atoms with van der Waals surface area (Å²) in [6.45, 7) is 1.68. The second kappa shape index (κ2) is 11.4. The molecule has 3 aromatic rings. The summed E-state index contributed by atoms with van der Waals surface area (Å²) in [6, 6.07) is 19.3. The van der Waals surface area contributed by atoms with Crippen LogP contribution >= 0.6 is 12.2 Å². The van der Waals surface area contributed by atoms with Gasteiger partial charge in [-0.05, 0) is 67.2 Å². The summed E-state index contributed by atoms with van der Waals surface area (Å²) in [4.78, 5) is 39.2. The maximum absolute atomic E-state index is 13.8. The van der Waals surface area contributed by atoms with Crippen molar-refractivity contribution >= 4 is 52.5 Å². The highest BCUT2D eigenvalue weighted by molar-refractivity contribution is 7.80. The van der Waals surface area contributed by atoms with Crippen LogP contribution in [0.1, 0.15) is 12.5 Å². The van der Waals surface area contributed by atoms with Crippen LogP contribution in [0, 0.1) is 5.82 Å². The average Bonchev–Trinajstić information content (AvgIpc) is 2.88. The molecule has 10 heteroatoms. The van der Waals surface area contributed by atoms with Crippen molar-refractivity contribution in [3.05, 3.63) is 89.8 Å². The fraction of sp³-hybridized carbons (Fsp3) is 0.111. The number of amides is 3. The molecule has 1 aliphatic heterocycles. The third-order valence-electron chi connectivity index (χ3n) is 5.20. The highest BCUT2D eigenvalue weighted by Gasteiger charge is 2.34. The standard InChI is InChI=1S/C27H22FN3O5S/c1-2-35-23-15-17(12-13-22(23)36-16-24(32)29-21-11-7-6-10-20(21)28)14-19-25(33)30-27(37)31(26(19)34)18-8-4-3-5-9-18/h3-15H,2,16H2,1H3,(H,29,32)(H,30,33,37)/b19-14-. The zero-order chi connectivity index (χ0) is 26.4. The van der Waals surface area contributed by atoms with Crippen molar-refractivity contribution in [1.82, 2.24) is 5.32 Å². The summed E-state index contributed by atoms with van der Waals surface area (Å²) in [7, 11) is 0. The average molecular weight is 520 g/mol. The van der Waals surface area contributed by atoms with E-state index in [0.717, 1.165) is 0 Å². The molecule has 0 radical (unpaired) electrons. The number of hydrogen-bond donors (Lipinski definition) is 2. The molecular formula is C27H22FN3O5S. The second-order valence-corrected chi connectivity index (χ2v) is 8.14. The van der Waals surface area contributed by atoms with Crippen molar-refractivity contribution in [2.24, 2.45) is 0 Å². The van der Waals surface area contributed by atoms with Crippen molar-refractivity contribution < 1.29 is 28.2 Å². The van der Waals surface area contributed by atoms with Crippen LogP contribution in [0.25, 0.3) is 6.08 Å². The zero-order valence-electron chi connectivity index (χ0n) is 19.7. The van der Waals surface area contributed by atoms with E-state index in [1.54, 1.807) is 61.5 Å². The zero-order valence-corrected chi connectivity index (χ0v) is 20.5. The normalized spacial score (nSPS) is 14.4. The van der Waals surface area contributed by atoms with Crippen LogP contribution in [0.15, 0.2) is 78.4 Å². The molecule has 8 nitrogen and oxygen atoms in total. The number of thiocarbonyl (C=S) groups is 1. The third-order valence-corrected chi connectivity index (χ3v) is 5.49. The molecule has 2 N–H and O–H groups in total. The molecule has 4 rings (SSSR count). The molecule has 37 heavy (non-hydrogen) atoms. The van der Waals surface area contributed by atoms with Gasteiger partial charge in [0.2, 0.25) is 0 Å². The summed E-state index contributed by atoms with van der Waals surface area (Å²) in [5, 5.41) is 4.97. The Hall–Kier alpha value is -4.57. The number of anilines is 2. The van der Waals surface area contributed by atoms with Crippen LogP contribution in [-0.2, 0) is 14.4 Å². The largest absolute Gasteiger partial charge is 0.490 e. The lowest BCUT2D eigenvalue weighted by Crippen LogP contribution is -2.54. The molecule has 0 atom stereocenters. The molecule has 1 fully saturated rings. The van der Waals surface area contributed by atoms with Gasteiger partial charge in [-0.25, -0.2) is 4.39 Å². The first-order valence-corrected chi connectivity index (χ1v) is 11.7. The molecule has 1 saturated heterocycles. The van der Waals surface area contributed by atoms with Crippen molar-refractivity contribution in [1.29, 1.82) is 0 Å². The highest BCUT2D eigenvalue weighted by Crippen LogP contribution is 2.30. The summed E-state index contributed by atoms with van der Waals surface area (Å²) >= 11 is 5.21. The Morgan fingerprint density at radius 1 is 1.03 bits per heavy atom. The van der Waals surface area contributed by atoms with Crippen molar-refractivity contribution in [2.45, 2.75) is 6.92 Å². The molecule has 3 aromatic carbocycles. The first-order valence-electron chi connectivity index (χ1n) is 11.3.